The molecule has 0 bridgehead atoms. The lowest BCUT2D eigenvalue weighted by Gasteiger charge is -2.18. The van der Waals surface area contributed by atoms with Crippen molar-refractivity contribution >= 4 is 33.7 Å². The molecule has 22 heavy (non-hydrogen) atoms. The van der Waals surface area contributed by atoms with Crippen LogP contribution < -0.4 is 16.4 Å². The van der Waals surface area contributed by atoms with Crippen LogP contribution in [0.25, 0.3) is 0 Å². The Labute approximate surface area is 136 Å². The number of carbonyl (C=O) groups is 3. The van der Waals surface area contributed by atoms with E-state index in [0.717, 1.165) is 10.0 Å². The third-order valence-corrected chi connectivity index (χ3v) is 3.37. The summed E-state index contributed by atoms with van der Waals surface area (Å²) >= 11 is 3.32. The molecule has 7 nitrogen and oxygen atoms in total. The molecule has 0 saturated heterocycles. The summed E-state index contributed by atoms with van der Waals surface area (Å²) in [5.41, 5.74) is 5.90. The lowest BCUT2D eigenvalue weighted by atomic mass is 10.0. The first-order valence-corrected chi connectivity index (χ1v) is 7.34. The molecule has 0 spiro atoms. The maximum atomic E-state index is 11.9. The predicted octanol–water partition coefficient (Wildman–Crippen LogP) is 0.244. The number of nitrogens with two attached hydrogens (primary N) is 1. The summed E-state index contributed by atoms with van der Waals surface area (Å²) in [6.45, 7) is -0.393. The number of methoxy groups -OCH3 is 1. The first-order valence-electron chi connectivity index (χ1n) is 6.54. The van der Waals surface area contributed by atoms with Crippen LogP contribution in [-0.4, -0.2) is 38.0 Å². The van der Waals surface area contributed by atoms with Gasteiger partial charge in [-0.3, -0.25) is 14.4 Å². The molecule has 1 atom stereocenters. The van der Waals surface area contributed by atoms with Crippen molar-refractivity contribution in [2.75, 3.05) is 20.2 Å². The molecule has 0 aliphatic heterocycles. The van der Waals surface area contributed by atoms with E-state index >= 15 is 0 Å². The van der Waals surface area contributed by atoms with Crippen LogP contribution in [0.3, 0.4) is 0 Å². The van der Waals surface area contributed by atoms with Gasteiger partial charge in [0.05, 0.1) is 32.7 Å². The van der Waals surface area contributed by atoms with Crippen LogP contribution in [-0.2, 0) is 19.1 Å². The Morgan fingerprint density at radius 3 is 2.41 bits per heavy atom. The van der Waals surface area contributed by atoms with Crippen molar-refractivity contribution in [1.82, 2.24) is 10.6 Å². The van der Waals surface area contributed by atoms with Crippen molar-refractivity contribution in [3.8, 4) is 0 Å². The van der Waals surface area contributed by atoms with Crippen molar-refractivity contribution in [2.24, 2.45) is 5.73 Å². The molecule has 0 saturated carbocycles. The minimum atomic E-state index is -0.539. The zero-order chi connectivity index (χ0) is 16.5. The summed E-state index contributed by atoms with van der Waals surface area (Å²) < 4.78 is 5.52. The fourth-order valence-corrected chi connectivity index (χ4v) is 1.96. The third kappa shape index (κ3) is 6.23. The molecule has 8 heteroatoms. The summed E-state index contributed by atoms with van der Waals surface area (Å²) in [6, 6.07) is 6.65. The van der Waals surface area contributed by atoms with Crippen LogP contribution in [0.4, 0.5) is 0 Å². The highest BCUT2D eigenvalue weighted by Crippen LogP contribution is 2.20. The van der Waals surface area contributed by atoms with Gasteiger partial charge in [-0.15, -0.1) is 0 Å². The van der Waals surface area contributed by atoms with Gasteiger partial charge in [-0.2, -0.15) is 0 Å². The Kier molecular flexibility index (Phi) is 7.55. The number of hydrogen-bond acceptors (Lipinski definition) is 5. The Morgan fingerprint density at radius 2 is 1.86 bits per heavy atom. The van der Waals surface area contributed by atoms with Gasteiger partial charge >= 0.3 is 5.97 Å². The Balaban J connectivity index is 2.73. The van der Waals surface area contributed by atoms with Crippen molar-refractivity contribution < 1.29 is 19.1 Å². The van der Waals surface area contributed by atoms with Gasteiger partial charge in [0, 0.05) is 4.47 Å². The second kappa shape index (κ2) is 9.16. The number of benzene rings is 1. The average molecular weight is 372 g/mol. The largest absolute Gasteiger partial charge is 0.469 e. The minimum Gasteiger partial charge on any atom is -0.469 e. The van der Waals surface area contributed by atoms with Crippen molar-refractivity contribution in [3.63, 3.8) is 0 Å². The van der Waals surface area contributed by atoms with Crippen molar-refractivity contribution in [3.05, 3.63) is 34.3 Å². The summed E-state index contributed by atoms with van der Waals surface area (Å²) in [6.07, 6.45) is -0.00525. The molecule has 0 aliphatic carbocycles. The highest BCUT2D eigenvalue weighted by molar-refractivity contribution is 9.10. The van der Waals surface area contributed by atoms with Gasteiger partial charge in [-0.25, -0.2) is 0 Å². The van der Waals surface area contributed by atoms with Gasteiger partial charge in [-0.1, -0.05) is 28.1 Å². The van der Waals surface area contributed by atoms with Gasteiger partial charge in [-0.05, 0) is 17.7 Å². The number of halogens is 1. The van der Waals surface area contributed by atoms with Crippen LogP contribution in [0.5, 0.6) is 0 Å². The molecule has 0 aromatic heterocycles. The molecule has 1 unspecified atom stereocenters. The second-order valence-corrected chi connectivity index (χ2v) is 5.35. The maximum absolute atomic E-state index is 11.9. The normalized spacial score (nSPS) is 11.4. The summed E-state index contributed by atoms with van der Waals surface area (Å²) in [7, 11) is 1.28. The smallest absolute Gasteiger partial charge is 0.307 e. The minimum absolute atomic E-state index is 0.00525. The summed E-state index contributed by atoms with van der Waals surface area (Å²) in [5, 5.41) is 5.05. The number of rotatable bonds is 7. The fourth-order valence-electron chi connectivity index (χ4n) is 1.69. The molecule has 120 valence electrons. The van der Waals surface area contributed by atoms with E-state index in [2.05, 4.69) is 31.3 Å². The van der Waals surface area contributed by atoms with E-state index in [1.54, 1.807) is 12.1 Å². The number of nitrogens with one attached hydrogen (secondary N) is 2. The first-order chi connectivity index (χ1) is 10.5. The molecule has 1 aromatic carbocycles. The molecule has 1 rings (SSSR count). The highest BCUT2D eigenvalue weighted by atomic mass is 79.9. The third-order valence-electron chi connectivity index (χ3n) is 2.84. The van der Waals surface area contributed by atoms with E-state index < -0.39 is 23.8 Å². The lowest BCUT2D eigenvalue weighted by molar-refractivity contribution is -0.141. The van der Waals surface area contributed by atoms with Crippen molar-refractivity contribution in [1.29, 1.82) is 0 Å². The first kappa shape index (κ1) is 18.1. The van der Waals surface area contributed by atoms with Gasteiger partial charge in [0.15, 0.2) is 0 Å². The number of esters is 1. The Hall–Kier alpha value is -1.93. The number of hydrogen-bond donors (Lipinski definition) is 3. The zero-order valence-corrected chi connectivity index (χ0v) is 13.7. The number of ether oxygens (including phenoxy) is 1. The fraction of sp³-hybridized carbons (Fsp3) is 0.357. The SMILES string of the molecule is COC(=O)CC(NC(=O)CNC(=O)CN)c1ccc(Br)cc1. The summed E-state index contributed by atoms with van der Waals surface area (Å²) in [4.78, 5) is 34.4. The Morgan fingerprint density at radius 1 is 1.23 bits per heavy atom. The van der Waals surface area contributed by atoms with Crippen LogP contribution in [0, 0.1) is 0 Å². The van der Waals surface area contributed by atoms with Gasteiger partial charge < -0.3 is 21.1 Å². The summed E-state index contributed by atoms with van der Waals surface area (Å²) in [5.74, 6) is -1.29. The van der Waals surface area contributed by atoms with E-state index in [4.69, 9.17) is 5.73 Å². The average Bonchev–Trinajstić information content (AvgIpc) is 2.52. The Bertz CT molecular complexity index is 533. The standard InChI is InChI=1S/C14H18BrN3O4/c1-22-14(21)6-11(9-2-4-10(15)5-3-9)18-13(20)8-17-12(19)7-16/h2-5,11H,6-8,16H2,1H3,(H,17,19)(H,18,20). The maximum Gasteiger partial charge on any atom is 0.307 e. The molecule has 0 aliphatic rings. The van der Waals surface area contributed by atoms with Gasteiger partial charge in [0.25, 0.3) is 0 Å². The molecule has 0 radical (unpaired) electrons. The number of amides is 2. The van der Waals surface area contributed by atoms with Crippen LogP contribution in [0.2, 0.25) is 0 Å². The number of carbonyl (C=O) groups excluding carboxylic acids is 3. The van der Waals surface area contributed by atoms with E-state index in [1.165, 1.54) is 7.11 Å². The lowest BCUT2D eigenvalue weighted by Crippen LogP contribution is -2.41. The van der Waals surface area contributed by atoms with E-state index in [9.17, 15) is 14.4 Å². The molecule has 0 heterocycles. The van der Waals surface area contributed by atoms with Crippen LogP contribution in [0.1, 0.15) is 18.0 Å². The van der Waals surface area contributed by atoms with Gasteiger partial charge in [0.1, 0.15) is 0 Å². The molecular weight excluding hydrogens is 354 g/mol. The topological polar surface area (TPSA) is 111 Å². The molecule has 2 amide bonds. The van der Waals surface area contributed by atoms with Crippen LogP contribution >= 0.6 is 15.9 Å². The molecule has 0 fully saturated rings. The molecular formula is C14H18BrN3O4. The predicted molar refractivity (Wildman–Crippen MR) is 83.7 cm³/mol. The molecule has 1 aromatic rings. The van der Waals surface area contributed by atoms with E-state index in [1.807, 2.05) is 12.1 Å². The van der Waals surface area contributed by atoms with Crippen LogP contribution in [0.15, 0.2) is 28.7 Å². The quantitative estimate of drug-likeness (QED) is 0.594. The highest BCUT2D eigenvalue weighted by Gasteiger charge is 2.19. The van der Waals surface area contributed by atoms with E-state index in [0.29, 0.717) is 0 Å². The van der Waals surface area contributed by atoms with E-state index in [-0.39, 0.29) is 19.5 Å². The molecule has 4 N–H and O–H groups in total. The van der Waals surface area contributed by atoms with Crippen molar-refractivity contribution in [2.45, 2.75) is 12.5 Å². The zero-order valence-electron chi connectivity index (χ0n) is 12.1. The monoisotopic (exact) mass is 371 g/mol. The van der Waals surface area contributed by atoms with Gasteiger partial charge in [0.2, 0.25) is 11.8 Å². The second-order valence-electron chi connectivity index (χ2n) is 4.43.